The van der Waals surface area contributed by atoms with Crippen LogP contribution in [-0.4, -0.2) is 22.6 Å². The lowest BCUT2D eigenvalue weighted by Gasteiger charge is -2.20. The Balaban J connectivity index is 2.95. The number of ether oxygens (including phenoxy) is 1. The molecule has 0 heterocycles. The zero-order chi connectivity index (χ0) is 14.8. The maximum Gasteiger partial charge on any atom is 0.336 e. The Morgan fingerprint density at radius 3 is 2.37 bits per heavy atom. The Labute approximate surface area is 112 Å². The van der Waals surface area contributed by atoms with Crippen molar-refractivity contribution in [1.82, 2.24) is 0 Å². The van der Waals surface area contributed by atoms with Gasteiger partial charge in [0.15, 0.2) is 0 Å². The van der Waals surface area contributed by atoms with Gasteiger partial charge in [0, 0.05) is 5.69 Å². The van der Waals surface area contributed by atoms with E-state index < -0.39 is 11.6 Å². The summed E-state index contributed by atoms with van der Waals surface area (Å²) in [6, 6.07) is 3.00. The van der Waals surface area contributed by atoms with Gasteiger partial charge in [-0.25, -0.2) is 4.79 Å². The van der Waals surface area contributed by atoms with Gasteiger partial charge in [0.2, 0.25) is 0 Å². The van der Waals surface area contributed by atoms with E-state index in [9.17, 15) is 9.59 Å². The largest absolute Gasteiger partial charge is 0.478 e. The molecule has 104 valence electrons. The van der Waals surface area contributed by atoms with E-state index in [-0.39, 0.29) is 18.0 Å². The number of carboxylic acids is 1. The highest BCUT2D eigenvalue weighted by atomic mass is 16.6. The van der Waals surface area contributed by atoms with Crippen LogP contribution in [0.1, 0.15) is 42.3 Å². The number of nitrogen functional groups attached to an aromatic ring is 1. The Bertz CT molecular complexity index is 515. The summed E-state index contributed by atoms with van der Waals surface area (Å²) in [5.74, 6) is -1.42. The molecule has 0 unspecified atom stereocenters. The van der Waals surface area contributed by atoms with E-state index in [0.717, 1.165) is 0 Å². The van der Waals surface area contributed by atoms with Gasteiger partial charge in [0.05, 0.1) is 12.0 Å². The molecule has 1 rings (SSSR count). The van der Waals surface area contributed by atoms with Crippen LogP contribution in [0.15, 0.2) is 12.1 Å². The molecule has 0 aliphatic carbocycles. The molecule has 0 bridgehead atoms. The molecule has 0 spiro atoms. The highest BCUT2D eigenvalue weighted by molar-refractivity contribution is 5.92. The normalized spacial score (nSPS) is 11.2. The Kier molecular flexibility index (Phi) is 4.19. The smallest absolute Gasteiger partial charge is 0.336 e. The van der Waals surface area contributed by atoms with Crippen LogP contribution in [0.3, 0.4) is 0 Å². The fourth-order valence-corrected chi connectivity index (χ4v) is 1.70. The van der Waals surface area contributed by atoms with Gasteiger partial charge in [0.1, 0.15) is 5.60 Å². The number of nitrogens with two attached hydrogens (primary N) is 1. The highest BCUT2D eigenvalue weighted by Crippen LogP contribution is 2.22. The summed E-state index contributed by atoms with van der Waals surface area (Å²) in [6.45, 7) is 6.98. The van der Waals surface area contributed by atoms with Crippen molar-refractivity contribution in [3.8, 4) is 0 Å². The van der Waals surface area contributed by atoms with Gasteiger partial charge >= 0.3 is 11.9 Å². The van der Waals surface area contributed by atoms with Crippen LogP contribution in [0, 0.1) is 6.92 Å². The minimum atomic E-state index is -1.03. The molecule has 5 heteroatoms. The molecule has 19 heavy (non-hydrogen) atoms. The number of rotatable bonds is 3. The second-order valence-electron chi connectivity index (χ2n) is 5.38. The van der Waals surface area contributed by atoms with Gasteiger partial charge in [-0.05, 0) is 44.9 Å². The van der Waals surface area contributed by atoms with Crippen molar-refractivity contribution in [2.24, 2.45) is 0 Å². The second kappa shape index (κ2) is 5.30. The maximum atomic E-state index is 11.7. The first-order valence-corrected chi connectivity index (χ1v) is 5.95. The summed E-state index contributed by atoms with van der Waals surface area (Å²) in [5, 5.41) is 8.97. The summed E-state index contributed by atoms with van der Waals surface area (Å²) >= 11 is 0. The first-order valence-electron chi connectivity index (χ1n) is 5.95. The minimum Gasteiger partial charge on any atom is -0.478 e. The van der Waals surface area contributed by atoms with Gasteiger partial charge < -0.3 is 15.6 Å². The highest BCUT2D eigenvalue weighted by Gasteiger charge is 2.19. The third-order valence-electron chi connectivity index (χ3n) is 2.59. The van der Waals surface area contributed by atoms with E-state index in [1.807, 2.05) is 0 Å². The van der Waals surface area contributed by atoms with Crippen LogP contribution < -0.4 is 5.73 Å². The molecule has 0 aromatic heterocycles. The molecular weight excluding hydrogens is 246 g/mol. The average molecular weight is 265 g/mol. The molecule has 0 atom stereocenters. The summed E-state index contributed by atoms with van der Waals surface area (Å²) in [5.41, 5.74) is 6.82. The number of benzene rings is 1. The van der Waals surface area contributed by atoms with Crippen molar-refractivity contribution in [1.29, 1.82) is 0 Å². The summed E-state index contributed by atoms with van der Waals surface area (Å²) in [7, 11) is 0. The number of hydrogen-bond donors (Lipinski definition) is 2. The molecule has 3 N–H and O–H groups in total. The number of esters is 1. The van der Waals surface area contributed by atoms with Crippen molar-refractivity contribution in [3.63, 3.8) is 0 Å². The minimum absolute atomic E-state index is 0.0316. The zero-order valence-corrected chi connectivity index (χ0v) is 11.6. The van der Waals surface area contributed by atoms with Crippen molar-refractivity contribution < 1.29 is 19.4 Å². The molecule has 5 nitrogen and oxygen atoms in total. The second-order valence-corrected chi connectivity index (χ2v) is 5.38. The Hall–Kier alpha value is -2.04. The van der Waals surface area contributed by atoms with E-state index in [1.54, 1.807) is 33.8 Å². The lowest BCUT2D eigenvalue weighted by Crippen LogP contribution is -2.25. The molecule has 0 amide bonds. The monoisotopic (exact) mass is 265 g/mol. The van der Waals surface area contributed by atoms with Crippen LogP contribution in [0.2, 0.25) is 0 Å². The number of aromatic carboxylic acids is 1. The fraction of sp³-hybridized carbons (Fsp3) is 0.429. The SMILES string of the molecule is Cc1c(C(=O)O)ccc(CC(=O)OC(C)(C)C)c1N. The molecule has 1 aromatic carbocycles. The number of anilines is 1. The molecule has 0 saturated carbocycles. The number of carbonyl (C=O) groups is 2. The van der Waals surface area contributed by atoms with E-state index in [0.29, 0.717) is 16.8 Å². The van der Waals surface area contributed by atoms with Gasteiger partial charge in [0.25, 0.3) is 0 Å². The summed E-state index contributed by atoms with van der Waals surface area (Å²) < 4.78 is 5.20. The summed E-state index contributed by atoms with van der Waals surface area (Å²) in [6.07, 6.45) is 0.0316. The number of carboxylic acid groups (broad SMARTS) is 1. The maximum absolute atomic E-state index is 11.7. The number of hydrogen-bond acceptors (Lipinski definition) is 4. The predicted molar refractivity (Wildman–Crippen MR) is 72.1 cm³/mol. The lowest BCUT2D eigenvalue weighted by molar-refractivity contribution is -0.153. The third kappa shape index (κ3) is 3.98. The summed E-state index contributed by atoms with van der Waals surface area (Å²) in [4.78, 5) is 22.7. The van der Waals surface area contributed by atoms with Gasteiger partial charge in [-0.15, -0.1) is 0 Å². The van der Waals surface area contributed by atoms with Gasteiger partial charge in [-0.3, -0.25) is 4.79 Å². The topological polar surface area (TPSA) is 89.6 Å². The molecule has 0 saturated heterocycles. The van der Waals surface area contributed by atoms with Crippen molar-refractivity contribution in [3.05, 3.63) is 28.8 Å². The zero-order valence-electron chi connectivity index (χ0n) is 11.6. The fourth-order valence-electron chi connectivity index (χ4n) is 1.70. The Morgan fingerprint density at radius 1 is 1.32 bits per heavy atom. The Morgan fingerprint density at radius 2 is 1.89 bits per heavy atom. The van der Waals surface area contributed by atoms with Crippen LogP contribution >= 0.6 is 0 Å². The van der Waals surface area contributed by atoms with Crippen molar-refractivity contribution in [2.75, 3.05) is 5.73 Å². The molecular formula is C14H19NO4. The molecule has 0 aliphatic heterocycles. The lowest BCUT2D eigenvalue weighted by atomic mass is 10.0. The first-order chi connectivity index (χ1) is 8.61. The average Bonchev–Trinajstić information content (AvgIpc) is 2.21. The van der Waals surface area contributed by atoms with Gasteiger partial charge in [-0.1, -0.05) is 6.07 Å². The van der Waals surface area contributed by atoms with Crippen LogP contribution in [0.5, 0.6) is 0 Å². The molecule has 1 aromatic rings. The molecule has 0 aliphatic rings. The third-order valence-corrected chi connectivity index (χ3v) is 2.59. The first kappa shape index (κ1) is 15.0. The number of carbonyl (C=O) groups excluding carboxylic acids is 1. The van der Waals surface area contributed by atoms with E-state index >= 15 is 0 Å². The van der Waals surface area contributed by atoms with Crippen LogP contribution in [0.25, 0.3) is 0 Å². The van der Waals surface area contributed by atoms with Crippen molar-refractivity contribution >= 4 is 17.6 Å². The van der Waals surface area contributed by atoms with Crippen molar-refractivity contribution in [2.45, 2.75) is 39.7 Å². The molecule has 0 fully saturated rings. The predicted octanol–water partition coefficient (Wildman–Crippen LogP) is 2.16. The van der Waals surface area contributed by atoms with Gasteiger partial charge in [-0.2, -0.15) is 0 Å². The van der Waals surface area contributed by atoms with Crippen LogP contribution in [0.4, 0.5) is 5.69 Å². The quantitative estimate of drug-likeness (QED) is 0.645. The standard InChI is InChI=1S/C14H19NO4/c1-8-10(13(17)18)6-5-9(12(8)15)7-11(16)19-14(2,3)4/h5-6H,7,15H2,1-4H3,(H,17,18). The van der Waals surface area contributed by atoms with E-state index in [1.165, 1.54) is 6.07 Å². The van der Waals surface area contributed by atoms with Crippen LogP contribution in [-0.2, 0) is 16.0 Å². The van der Waals surface area contributed by atoms with E-state index in [2.05, 4.69) is 0 Å². The van der Waals surface area contributed by atoms with E-state index in [4.69, 9.17) is 15.6 Å². The molecule has 0 radical (unpaired) electrons.